The lowest BCUT2D eigenvalue weighted by Gasteiger charge is -2.32. The molecular weight excluding hydrogens is 352 g/mol. The van der Waals surface area contributed by atoms with E-state index >= 15 is 0 Å². The zero-order valence-corrected chi connectivity index (χ0v) is 14.9. The fourth-order valence-corrected chi connectivity index (χ4v) is 3.97. The van der Waals surface area contributed by atoms with Gasteiger partial charge >= 0.3 is 0 Å². The topological polar surface area (TPSA) is 58.2 Å². The van der Waals surface area contributed by atoms with Crippen molar-refractivity contribution in [3.8, 4) is 0 Å². The molecule has 0 aromatic heterocycles. The fraction of sp³-hybridized carbons (Fsp3) is 0.467. The number of sulfonamides is 1. The molecule has 2 N–H and O–H groups in total. The number of rotatable bonds is 4. The van der Waals surface area contributed by atoms with Gasteiger partial charge in [0.25, 0.3) is 10.0 Å². The Hall–Kier alpha value is -0.850. The van der Waals surface area contributed by atoms with Crippen molar-refractivity contribution >= 4 is 26.0 Å². The van der Waals surface area contributed by atoms with Gasteiger partial charge in [0.15, 0.2) is 0 Å². The molecule has 1 atom stereocenters. The molecular formula is C15H21BrN2O2S. The molecule has 21 heavy (non-hydrogen) atoms. The van der Waals surface area contributed by atoms with Crippen LogP contribution in [0, 0.1) is 11.3 Å². The van der Waals surface area contributed by atoms with Crippen LogP contribution in [0.5, 0.6) is 0 Å². The molecule has 0 spiro atoms. The molecule has 0 saturated heterocycles. The summed E-state index contributed by atoms with van der Waals surface area (Å²) in [4.78, 5) is 2.70. The Morgan fingerprint density at radius 2 is 1.86 bits per heavy atom. The van der Waals surface area contributed by atoms with Gasteiger partial charge < -0.3 is 5.43 Å². The maximum Gasteiger partial charge on any atom is 0.257 e. The molecule has 0 aliphatic heterocycles. The highest BCUT2D eigenvalue weighted by Crippen LogP contribution is 2.35. The normalized spacial score (nSPS) is 21.7. The molecule has 0 amide bonds. The third-order valence-corrected chi connectivity index (χ3v) is 5.27. The van der Waals surface area contributed by atoms with Gasteiger partial charge in [-0.1, -0.05) is 42.8 Å². The molecule has 0 heterocycles. The number of halogens is 1. The second kappa shape index (κ2) is 6.10. The third-order valence-electron chi connectivity index (χ3n) is 3.48. The van der Waals surface area contributed by atoms with Crippen LogP contribution < -0.4 is 10.3 Å². The molecule has 0 radical (unpaired) electrons. The van der Waals surface area contributed by atoms with Gasteiger partial charge in [0.05, 0.1) is 4.90 Å². The van der Waals surface area contributed by atoms with Gasteiger partial charge in [-0.3, -0.25) is 0 Å². The molecule has 0 unspecified atom stereocenters. The number of hydrogen-bond donors (Lipinski definition) is 2. The third kappa shape index (κ3) is 4.56. The van der Waals surface area contributed by atoms with E-state index in [0.29, 0.717) is 5.92 Å². The Morgan fingerprint density at radius 3 is 2.43 bits per heavy atom. The predicted molar refractivity (Wildman–Crippen MR) is 87.9 cm³/mol. The average Bonchev–Trinajstić information content (AvgIpc) is 2.35. The standard InChI is InChI=1S/C15H21BrN2O2S/c1-11-8-13(10-15(2,3)9-11)17-18-21(19,20)14-6-4-12(16)5-7-14/h4-7,10-11,17-18H,8-9H2,1-3H3/t11-/m0/s1. The van der Waals surface area contributed by atoms with Gasteiger partial charge in [0, 0.05) is 10.2 Å². The SMILES string of the molecule is C[C@H]1CC(NNS(=O)(=O)c2ccc(Br)cc2)=CC(C)(C)C1. The molecule has 0 fully saturated rings. The lowest BCUT2D eigenvalue weighted by molar-refractivity contribution is 0.313. The van der Waals surface area contributed by atoms with Crippen molar-refractivity contribution < 1.29 is 8.42 Å². The van der Waals surface area contributed by atoms with Crippen molar-refractivity contribution in [3.63, 3.8) is 0 Å². The first-order valence-corrected chi connectivity index (χ1v) is 9.21. The van der Waals surface area contributed by atoms with Crippen LogP contribution in [0.2, 0.25) is 0 Å². The highest BCUT2D eigenvalue weighted by atomic mass is 79.9. The largest absolute Gasteiger partial charge is 0.312 e. The molecule has 2 rings (SSSR count). The first kappa shape index (κ1) is 16.5. The van der Waals surface area contributed by atoms with Gasteiger partial charge in [-0.15, -0.1) is 4.83 Å². The second-order valence-corrected chi connectivity index (χ2v) is 8.95. The van der Waals surface area contributed by atoms with Crippen LogP contribution in [0.25, 0.3) is 0 Å². The number of hydrogen-bond acceptors (Lipinski definition) is 3. The summed E-state index contributed by atoms with van der Waals surface area (Å²) in [5, 5.41) is 0. The number of nitrogens with one attached hydrogen (secondary N) is 2. The van der Waals surface area contributed by atoms with Crippen LogP contribution in [0.15, 0.2) is 45.4 Å². The zero-order valence-electron chi connectivity index (χ0n) is 12.5. The minimum Gasteiger partial charge on any atom is -0.312 e. The van der Waals surface area contributed by atoms with Gasteiger partial charge in [-0.25, -0.2) is 8.42 Å². The zero-order chi connectivity index (χ0) is 15.7. The van der Waals surface area contributed by atoms with Crippen LogP contribution in [0.1, 0.15) is 33.6 Å². The first-order chi connectivity index (χ1) is 9.68. The van der Waals surface area contributed by atoms with Crippen molar-refractivity contribution in [2.24, 2.45) is 11.3 Å². The van der Waals surface area contributed by atoms with Crippen molar-refractivity contribution in [2.45, 2.75) is 38.5 Å². The quantitative estimate of drug-likeness (QED) is 0.794. The maximum absolute atomic E-state index is 12.2. The van der Waals surface area contributed by atoms with Crippen LogP contribution >= 0.6 is 15.9 Å². The summed E-state index contributed by atoms with van der Waals surface area (Å²) in [5.74, 6) is 0.532. The second-order valence-electron chi connectivity index (χ2n) is 6.36. The maximum atomic E-state index is 12.2. The van der Waals surface area contributed by atoms with Gasteiger partial charge in [-0.05, 0) is 48.4 Å². The van der Waals surface area contributed by atoms with Gasteiger partial charge in [0.2, 0.25) is 0 Å². The molecule has 1 aliphatic rings. The van der Waals surface area contributed by atoms with E-state index in [0.717, 1.165) is 23.0 Å². The van der Waals surface area contributed by atoms with Gasteiger partial charge in [0.1, 0.15) is 0 Å². The highest BCUT2D eigenvalue weighted by molar-refractivity contribution is 9.10. The Morgan fingerprint density at radius 1 is 1.24 bits per heavy atom. The van der Waals surface area contributed by atoms with Crippen LogP contribution in [0.3, 0.4) is 0 Å². The molecule has 1 aliphatic carbocycles. The van der Waals surface area contributed by atoms with Crippen LogP contribution in [0.4, 0.5) is 0 Å². The summed E-state index contributed by atoms with van der Waals surface area (Å²) in [6, 6.07) is 6.55. The van der Waals surface area contributed by atoms with E-state index < -0.39 is 10.0 Å². The van der Waals surface area contributed by atoms with Crippen molar-refractivity contribution in [1.29, 1.82) is 0 Å². The average molecular weight is 373 g/mol. The van der Waals surface area contributed by atoms with E-state index in [4.69, 9.17) is 0 Å². The van der Waals surface area contributed by atoms with E-state index in [1.807, 2.05) is 0 Å². The molecule has 1 aromatic carbocycles. The van der Waals surface area contributed by atoms with Gasteiger partial charge in [-0.2, -0.15) is 0 Å². The summed E-state index contributed by atoms with van der Waals surface area (Å²) < 4.78 is 25.3. The molecule has 1 aromatic rings. The number of hydrazine groups is 1. The van der Waals surface area contributed by atoms with Crippen molar-refractivity contribution in [1.82, 2.24) is 10.3 Å². The van der Waals surface area contributed by atoms with Crippen molar-refractivity contribution in [3.05, 3.63) is 40.5 Å². The molecule has 116 valence electrons. The van der Waals surface area contributed by atoms with E-state index in [1.165, 1.54) is 0 Å². The van der Waals surface area contributed by atoms with E-state index in [9.17, 15) is 8.42 Å². The lowest BCUT2D eigenvalue weighted by atomic mass is 9.76. The summed E-state index contributed by atoms with van der Waals surface area (Å²) in [7, 11) is -3.55. The predicted octanol–water partition coefficient (Wildman–Crippen LogP) is 3.57. The summed E-state index contributed by atoms with van der Waals surface area (Å²) >= 11 is 3.29. The van der Waals surface area contributed by atoms with E-state index in [1.54, 1.807) is 24.3 Å². The highest BCUT2D eigenvalue weighted by Gasteiger charge is 2.26. The Kier molecular flexibility index (Phi) is 4.80. The Balaban J connectivity index is 2.08. The van der Waals surface area contributed by atoms with E-state index in [-0.39, 0.29) is 10.3 Å². The first-order valence-electron chi connectivity index (χ1n) is 6.93. The minimum absolute atomic E-state index is 0.0864. The lowest BCUT2D eigenvalue weighted by Crippen LogP contribution is -2.39. The fourth-order valence-electron chi connectivity index (χ4n) is 2.83. The number of benzene rings is 1. The summed E-state index contributed by atoms with van der Waals surface area (Å²) in [5.41, 5.74) is 3.89. The van der Waals surface area contributed by atoms with Crippen molar-refractivity contribution in [2.75, 3.05) is 0 Å². The number of allylic oxidation sites excluding steroid dienone is 2. The molecule has 6 heteroatoms. The molecule has 4 nitrogen and oxygen atoms in total. The Bertz CT molecular complexity index is 636. The molecule has 0 bridgehead atoms. The monoisotopic (exact) mass is 372 g/mol. The molecule has 0 saturated carbocycles. The van der Waals surface area contributed by atoms with E-state index in [2.05, 4.69) is 53.0 Å². The van der Waals surface area contributed by atoms with Crippen LogP contribution in [-0.4, -0.2) is 8.42 Å². The summed E-state index contributed by atoms with van der Waals surface area (Å²) in [6.07, 6.45) is 4.07. The van der Waals surface area contributed by atoms with Crippen LogP contribution in [-0.2, 0) is 10.0 Å². The minimum atomic E-state index is -3.55. The smallest absolute Gasteiger partial charge is 0.257 e. The summed E-state index contributed by atoms with van der Waals surface area (Å²) in [6.45, 7) is 6.50. The Labute approximate surface area is 135 Å².